The van der Waals surface area contributed by atoms with Crippen molar-refractivity contribution < 1.29 is 27.0 Å². The third-order valence-corrected chi connectivity index (χ3v) is 5.25. The van der Waals surface area contributed by atoms with Gasteiger partial charge in [0.25, 0.3) is 10.1 Å². The number of carbonyl (C=O) groups excluding carboxylic acids is 1. The van der Waals surface area contributed by atoms with Crippen molar-refractivity contribution in [1.29, 1.82) is 0 Å². The molecule has 1 unspecified atom stereocenters. The van der Waals surface area contributed by atoms with Crippen LogP contribution in [-0.2, 0) is 19.6 Å². The number of rotatable bonds is 10. The molecule has 7 heteroatoms. The third kappa shape index (κ3) is 7.06. The highest BCUT2D eigenvalue weighted by Crippen LogP contribution is 2.14. The van der Waals surface area contributed by atoms with Crippen molar-refractivity contribution in [3.63, 3.8) is 0 Å². The molecule has 0 spiro atoms. The summed E-state index contributed by atoms with van der Waals surface area (Å²) in [5.41, 5.74) is 0. The summed E-state index contributed by atoms with van der Waals surface area (Å²) >= 11 is 0. The van der Waals surface area contributed by atoms with E-state index in [9.17, 15) is 17.8 Å². The minimum absolute atomic E-state index is 0.229. The van der Waals surface area contributed by atoms with E-state index in [0.717, 1.165) is 0 Å². The second kappa shape index (κ2) is 9.17. The zero-order valence-corrected chi connectivity index (χ0v) is 14.2. The molecule has 0 aliphatic rings. The number of hydrogen-bond acceptors (Lipinski definition) is 4. The van der Waals surface area contributed by atoms with Crippen LogP contribution in [0.15, 0.2) is 12.2 Å². The topological polar surface area (TPSA) is 80.7 Å². The number of carbonyl (C=O) groups is 1. The average Bonchev–Trinajstić information content (AvgIpc) is 2.42. The molecule has 1 atom stereocenters. The maximum absolute atomic E-state index is 11.4. The molecule has 1 N–H and O–H groups in total. The van der Waals surface area contributed by atoms with Gasteiger partial charge in [-0.1, -0.05) is 13.0 Å². The van der Waals surface area contributed by atoms with E-state index < -0.39 is 21.3 Å². The van der Waals surface area contributed by atoms with Gasteiger partial charge in [-0.3, -0.25) is 4.55 Å². The summed E-state index contributed by atoms with van der Waals surface area (Å²) in [6, 6.07) is 0. The lowest BCUT2D eigenvalue weighted by molar-refractivity contribution is -0.924. The second-order valence-electron chi connectivity index (χ2n) is 5.09. The smallest absolute Gasteiger partial charge is 0.330 e. The molecule has 6 nitrogen and oxygen atoms in total. The maximum atomic E-state index is 11.4. The molecule has 0 radical (unpaired) electrons. The molecular formula is C14H28NO5S+. The Morgan fingerprint density at radius 2 is 1.86 bits per heavy atom. The first kappa shape index (κ1) is 20.1. The molecule has 0 fully saturated rings. The number of allylic oxidation sites excluding steroid dienone is 1. The Morgan fingerprint density at radius 1 is 1.29 bits per heavy atom. The summed E-state index contributed by atoms with van der Waals surface area (Å²) in [7, 11) is -4.05. The van der Waals surface area contributed by atoms with Gasteiger partial charge in [-0.25, -0.2) is 4.79 Å². The highest BCUT2D eigenvalue weighted by Gasteiger charge is 2.33. The lowest BCUT2D eigenvalue weighted by atomic mass is 10.2. The number of ether oxygens (including phenoxy) is 1. The van der Waals surface area contributed by atoms with Crippen molar-refractivity contribution in [2.45, 2.75) is 39.4 Å². The monoisotopic (exact) mass is 322 g/mol. The molecule has 0 aromatic heterocycles. The van der Waals surface area contributed by atoms with Crippen LogP contribution in [0, 0.1) is 0 Å². The van der Waals surface area contributed by atoms with Gasteiger partial charge in [0, 0.05) is 6.08 Å². The first-order valence-electron chi connectivity index (χ1n) is 7.35. The average molecular weight is 322 g/mol. The molecule has 0 heterocycles. The van der Waals surface area contributed by atoms with Gasteiger partial charge in [-0.05, 0) is 27.2 Å². The number of nitrogens with zero attached hydrogens (tertiary/aromatic N) is 1. The van der Waals surface area contributed by atoms with Gasteiger partial charge >= 0.3 is 5.97 Å². The summed E-state index contributed by atoms with van der Waals surface area (Å²) in [6.45, 7) is 9.91. The van der Waals surface area contributed by atoms with Gasteiger partial charge in [-0.2, -0.15) is 8.42 Å². The van der Waals surface area contributed by atoms with Crippen molar-refractivity contribution in [3.05, 3.63) is 12.2 Å². The summed E-state index contributed by atoms with van der Waals surface area (Å²) < 4.78 is 37.6. The molecule has 0 bridgehead atoms. The molecule has 0 aliphatic heterocycles. The molecule has 0 amide bonds. The van der Waals surface area contributed by atoms with Gasteiger partial charge in [0.15, 0.2) is 0 Å². The molecular weight excluding hydrogens is 294 g/mol. The van der Waals surface area contributed by atoms with Crippen LogP contribution < -0.4 is 0 Å². The standard InChI is InChI=1S/C14H27NO5S/c1-5-9-14(16)20-11-10-15(7-3,8-4)12-13(6-2)21(17,18)19/h5,9,13H,6-8,10-12H2,1-4H3/p+1. The van der Waals surface area contributed by atoms with Crippen LogP contribution in [0.4, 0.5) is 0 Å². The minimum atomic E-state index is -4.05. The fourth-order valence-electron chi connectivity index (χ4n) is 2.28. The lowest BCUT2D eigenvalue weighted by Crippen LogP contribution is -2.55. The van der Waals surface area contributed by atoms with E-state index in [4.69, 9.17) is 4.74 Å². The second-order valence-corrected chi connectivity index (χ2v) is 6.79. The van der Waals surface area contributed by atoms with Crippen LogP contribution in [0.5, 0.6) is 0 Å². The summed E-state index contributed by atoms with van der Waals surface area (Å²) in [5, 5.41) is -0.788. The van der Waals surface area contributed by atoms with Crippen molar-refractivity contribution in [2.24, 2.45) is 0 Å². The van der Waals surface area contributed by atoms with Crippen LogP contribution in [0.1, 0.15) is 34.1 Å². The summed E-state index contributed by atoms with van der Waals surface area (Å²) in [6.07, 6.45) is 3.31. The van der Waals surface area contributed by atoms with E-state index in [1.807, 2.05) is 13.8 Å². The van der Waals surface area contributed by atoms with E-state index >= 15 is 0 Å². The van der Waals surface area contributed by atoms with E-state index in [-0.39, 0.29) is 6.61 Å². The number of hydrogen-bond donors (Lipinski definition) is 1. The van der Waals surface area contributed by atoms with Gasteiger partial charge in [0.1, 0.15) is 18.4 Å². The Kier molecular flexibility index (Phi) is 8.77. The molecule has 0 saturated carbocycles. The first-order chi connectivity index (χ1) is 9.74. The Hall–Kier alpha value is -0.920. The number of quaternary nitrogens is 1. The molecule has 21 heavy (non-hydrogen) atoms. The largest absolute Gasteiger partial charge is 0.457 e. The van der Waals surface area contributed by atoms with E-state index in [1.165, 1.54) is 6.08 Å². The van der Waals surface area contributed by atoms with E-state index in [0.29, 0.717) is 37.1 Å². The molecule has 0 saturated heterocycles. The highest BCUT2D eigenvalue weighted by molar-refractivity contribution is 7.86. The van der Waals surface area contributed by atoms with Crippen molar-refractivity contribution in [3.8, 4) is 0 Å². The van der Waals surface area contributed by atoms with Crippen molar-refractivity contribution in [1.82, 2.24) is 0 Å². The van der Waals surface area contributed by atoms with Gasteiger partial charge in [0.2, 0.25) is 0 Å². The molecule has 124 valence electrons. The minimum Gasteiger partial charge on any atom is -0.457 e. The first-order valence-corrected chi connectivity index (χ1v) is 8.85. The quantitative estimate of drug-likeness (QED) is 0.286. The van der Waals surface area contributed by atoms with E-state index in [1.54, 1.807) is 19.9 Å². The fourth-order valence-corrected chi connectivity index (χ4v) is 3.21. The lowest BCUT2D eigenvalue weighted by Gasteiger charge is -2.38. The normalized spacial score (nSPS) is 14.3. The van der Waals surface area contributed by atoms with Gasteiger partial charge < -0.3 is 9.22 Å². The molecule has 0 aromatic rings. The van der Waals surface area contributed by atoms with Gasteiger partial charge in [-0.15, -0.1) is 0 Å². The maximum Gasteiger partial charge on any atom is 0.330 e. The number of esters is 1. The predicted molar refractivity (Wildman–Crippen MR) is 82.5 cm³/mol. The highest BCUT2D eigenvalue weighted by atomic mass is 32.2. The zero-order chi connectivity index (χ0) is 16.5. The zero-order valence-electron chi connectivity index (χ0n) is 13.4. The Morgan fingerprint density at radius 3 is 2.24 bits per heavy atom. The SMILES string of the molecule is CC=CC(=O)OCC[N+](CC)(CC)CC(CC)S(=O)(=O)O. The van der Waals surface area contributed by atoms with Crippen molar-refractivity contribution in [2.75, 3.05) is 32.8 Å². The third-order valence-electron chi connectivity index (χ3n) is 3.92. The van der Waals surface area contributed by atoms with Gasteiger partial charge in [0.05, 0.1) is 19.6 Å². The molecule has 0 aliphatic carbocycles. The Balaban J connectivity index is 4.80. The van der Waals surface area contributed by atoms with Crippen molar-refractivity contribution >= 4 is 16.1 Å². The number of likely N-dealkylation sites (N-methyl/N-ethyl adjacent to an activating group) is 1. The van der Waals surface area contributed by atoms with Crippen LogP contribution in [-0.4, -0.2) is 61.5 Å². The van der Waals surface area contributed by atoms with Crippen LogP contribution >= 0.6 is 0 Å². The summed E-state index contributed by atoms with van der Waals surface area (Å²) in [5.74, 6) is -0.398. The Bertz CT molecular complexity index is 440. The molecule has 0 rings (SSSR count). The summed E-state index contributed by atoms with van der Waals surface area (Å²) in [4.78, 5) is 11.3. The van der Waals surface area contributed by atoms with Crippen LogP contribution in [0.3, 0.4) is 0 Å². The fraction of sp³-hybridized carbons (Fsp3) is 0.786. The van der Waals surface area contributed by atoms with Crippen LogP contribution in [0.2, 0.25) is 0 Å². The predicted octanol–water partition coefficient (Wildman–Crippen LogP) is 1.63. The molecule has 0 aromatic carbocycles. The van der Waals surface area contributed by atoms with Crippen LogP contribution in [0.25, 0.3) is 0 Å². The van der Waals surface area contributed by atoms with E-state index in [2.05, 4.69) is 0 Å². The Labute approximate surface area is 128 Å².